The van der Waals surface area contributed by atoms with Crippen molar-refractivity contribution in [3.8, 4) is 0 Å². The molecule has 0 aliphatic heterocycles. The van der Waals surface area contributed by atoms with E-state index in [2.05, 4.69) is 38.8 Å². The highest BCUT2D eigenvalue weighted by Crippen LogP contribution is 2.27. The second kappa shape index (κ2) is 15.1. The first kappa shape index (κ1) is 19.7. The van der Waals surface area contributed by atoms with Crippen LogP contribution in [-0.2, 0) is 6.42 Å². The molecule has 21 heavy (non-hydrogen) atoms. The third kappa shape index (κ3) is 11.1. The maximum atomic E-state index is 3.66. The van der Waals surface area contributed by atoms with Crippen LogP contribution in [0.3, 0.4) is 0 Å². The van der Waals surface area contributed by atoms with Crippen molar-refractivity contribution in [3.63, 3.8) is 0 Å². The van der Waals surface area contributed by atoms with Gasteiger partial charge in [-0.05, 0) is 17.9 Å². The first-order valence-corrected chi connectivity index (χ1v) is 8.51. The van der Waals surface area contributed by atoms with Gasteiger partial charge >= 0.3 is 0 Å². The van der Waals surface area contributed by atoms with Gasteiger partial charge in [0.25, 0.3) is 0 Å². The number of rotatable bonds is 5. The van der Waals surface area contributed by atoms with Gasteiger partial charge in [0, 0.05) is 0 Å². The number of allylic oxidation sites excluding steroid dienone is 1. The summed E-state index contributed by atoms with van der Waals surface area (Å²) in [5.41, 5.74) is 1.33. The lowest BCUT2D eigenvalue weighted by molar-refractivity contribution is 0.331. The fourth-order valence-corrected chi connectivity index (χ4v) is 2.75. The summed E-state index contributed by atoms with van der Waals surface area (Å²) >= 11 is 0. The third-order valence-corrected chi connectivity index (χ3v) is 3.91. The van der Waals surface area contributed by atoms with Gasteiger partial charge < -0.3 is 0 Å². The van der Waals surface area contributed by atoms with Crippen LogP contribution in [0.1, 0.15) is 63.9 Å². The van der Waals surface area contributed by atoms with Crippen molar-refractivity contribution in [3.05, 3.63) is 61.7 Å². The highest BCUT2D eigenvalue weighted by Gasteiger charge is 2.11. The molecule has 0 heteroatoms. The molecule has 0 unspecified atom stereocenters. The number of unbranched alkanes of at least 4 members (excludes halogenated alkanes) is 1. The van der Waals surface area contributed by atoms with E-state index in [1.807, 2.05) is 24.3 Å². The normalized spacial score (nSPS) is 14.1. The zero-order chi connectivity index (χ0) is 15.8. The van der Waals surface area contributed by atoms with Gasteiger partial charge in [0.2, 0.25) is 0 Å². The van der Waals surface area contributed by atoms with Crippen LogP contribution in [0.4, 0.5) is 0 Å². The quantitative estimate of drug-likeness (QED) is 0.512. The lowest BCUT2D eigenvalue weighted by atomic mass is 9.86. The third-order valence-electron chi connectivity index (χ3n) is 3.91. The van der Waals surface area contributed by atoms with Gasteiger partial charge in [0.05, 0.1) is 0 Å². The summed E-state index contributed by atoms with van der Waals surface area (Å²) in [6, 6.07) is 10.3. The maximum absolute atomic E-state index is 3.66. The highest BCUT2D eigenvalue weighted by molar-refractivity contribution is 5.16. The Balaban J connectivity index is 0.000000342. The Kier molecular flexibility index (Phi) is 14.2. The predicted octanol–water partition coefficient (Wildman–Crippen LogP) is 6.97. The van der Waals surface area contributed by atoms with E-state index in [1.165, 1.54) is 56.9 Å². The molecule has 1 aromatic carbocycles. The zero-order valence-corrected chi connectivity index (χ0v) is 14.0. The van der Waals surface area contributed by atoms with Gasteiger partial charge in [0.1, 0.15) is 0 Å². The van der Waals surface area contributed by atoms with Gasteiger partial charge in [-0.25, -0.2) is 0 Å². The minimum Gasteiger partial charge on any atom is -0.106 e. The second-order valence-corrected chi connectivity index (χ2v) is 5.62. The van der Waals surface area contributed by atoms with E-state index in [1.54, 1.807) is 0 Å². The van der Waals surface area contributed by atoms with E-state index in [4.69, 9.17) is 0 Å². The molecule has 1 aliphatic carbocycles. The summed E-state index contributed by atoms with van der Waals surface area (Å²) in [7, 11) is 0. The molecule has 0 saturated heterocycles. The maximum Gasteiger partial charge on any atom is -0.0100 e. The highest BCUT2D eigenvalue weighted by atomic mass is 14.2. The molecular weight excluding hydrogens is 252 g/mol. The molecule has 1 aliphatic rings. The molecule has 1 fully saturated rings. The molecule has 0 amide bonds. The van der Waals surface area contributed by atoms with E-state index in [0.717, 1.165) is 12.3 Å². The molecule has 2 rings (SSSR count). The lowest BCUT2D eigenvalue weighted by Crippen LogP contribution is -2.05. The average molecular weight is 287 g/mol. The molecule has 0 nitrogen and oxygen atoms in total. The van der Waals surface area contributed by atoms with Crippen molar-refractivity contribution >= 4 is 0 Å². The minimum atomic E-state index is 0.973. The summed E-state index contributed by atoms with van der Waals surface area (Å²) in [6.07, 6.45) is 14.8. The van der Waals surface area contributed by atoms with Crippen LogP contribution in [0.25, 0.3) is 0 Å². The Bertz CT molecular complexity index is 319. The van der Waals surface area contributed by atoms with Crippen molar-refractivity contribution in [2.45, 2.75) is 64.7 Å². The van der Waals surface area contributed by atoms with Crippen LogP contribution < -0.4 is 0 Å². The fraction of sp³-hybridized carbons (Fsp3) is 0.524. The molecule has 1 aromatic rings. The number of benzene rings is 1. The van der Waals surface area contributed by atoms with Crippen LogP contribution in [0.15, 0.2) is 56.1 Å². The van der Waals surface area contributed by atoms with Crippen molar-refractivity contribution in [2.24, 2.45) is 5.92 Å². The first-order chi connectivity index (χ1) is 10.4. The van der Waals surface area contributed by atoms with Crippen LogP contribution in [-0.4, -0.2) is 0 Å². The van der Waals surface area contributed by atoms with Crippen LogP contribution in [0.2, 0.25) is 0 Å². The van der Waals surface area contributed by atoms with Crippen molar-refractivity contribution < 1.29 is 0 Å². The minimum absolute atomic E-state index is 0.973. The summed E-state index contributed by atoms with van der Waals surface area (Å²) in [5, 5.41) is 0. The largest absolute Gasteiger partial charge is 0.106 e. The van der Waals surface area contributed by atoms with Crippen LogP contribution in [0, 0.1) is 5.92 Å². The van der Waals surface area contributed by atoms with Gasteiger partial charge in [-0.15, -0.1) is 19.7 Å². The predicted molar refractivity (Wildman–Crippen MR) is 97.7 cm³/mol. The van der Waals surface area contributed by atoms with Gasteiger partial charge in [-0.2, -0.15) is 0 Å². The summed E-state index contributed by atoms with van der Waals surface area (Å²) in [4.78, 5) is 0. The topological polar surface area (TPSA) is 0 Å². The number of hydrogen-bond donors (Lipinski definition) is 0. The average Bonchev–Trinajstić information content (AvgIpc) is 2.58. The van der Waals surface area contributed by atoms with E-state index in [9.17, 15) is 0 Å². The molecule has 0 N–H and O–H groups in total. The molecule has 0 spiro atoms. The molecule has 118 valence electrons. The van der Waals surface area contributed by atoms with Gasteiger partial charge in [-0.3, -0.25) is 0 Å². The van der Waals surface area contributed by atoms with E-state index in [-0.39, 0.29) is 0 Å². The van der Waals surface area contributed by atoms with Gasteiger partial charge in [-0.1, -0.05) is 94.7 Å². The Morgan fingerprint density at radius 1 is 1.05 bits per heavy atom. The molecular formula is C21H34. The fourth-order valence-electron chi connectivity index (χ4n) is 2.75. The summed E-state index contributed by atoms with van der Waals surface area (Å²) < 4.78 is 0. The standard InChI is InChI=1S/C10H20.C9H10.C2H4/c1-2-3-7-10-8-5-4-6-9-10;1-2-6-9-7-4-3-5-8-9;1-2/h10H,2-9H2,1H3;2-5,7-8H,1,6H2;1-2H2. The zero-order valence-electron chi connectivity index (χ0n) is 14.0. The Morgan fingerprint density at radius 2 is 1.67 bits per heavy atom. The van der Waals surface area contributed by atoms with Crippen LogP contribution in [0.5, 0.6) is 0 Å². The monoisotopic (exact) mass is 286 g/mol. The molecule has 0 atom stereocenters. The number of hydrogen-bond acceptors (Lipinski definition) is 0. The lowest BCUT2D eigenvalue weighted by Gasteiger charge is -2.20. The van der Waals surface area contributed by atoms with Crippen LogP contribution >= 0.6 is 0 Å². The Labute approximate surface area is 133 Å². The first-order valence-electron chi connectivity index (χ1n) is 8.51. The Hall–Kier alpha value is -1.30. The molecule has 1 saturated carbocycles. The smallest absolute Gasteiger partial charge is 0.0100 e. The summed E-state index contributed by atoms with van der Waals surface area (Å²) in [5.74, 6) is 1.11. The Morgan fingerprint density at radius 3 is 2.19 bits per heavy atom. The molecule has 0 radical (unpaired) electrons. The van der Waals surface area contributed by atoms with E-state index in [0.29, 0.717) is 0 Å². The second-order valence-electron chi connectivity index (χ2n) is 5.62. The summed E-state index contributed by atoms with van der Waals surface area (Å²) in [6.45, 7) is 12.0. The molecule has 0 bridgehead atoms. The SMILES string of the molecule is C=C.C=CCc1ccccc1.CCCCC1CCCCC1. The van der Waals surface area contributed by atoms with E-state index >= 15 is 0 Å². The van der Waals surface area contributed by atoms with Gasteiger partial charge in [0.15, 0.2) is 0 Å². The molecule has 0 heterocycles. The van der Waals surface area contributed by atoms with E-state index < -0.39 is 0 Å². The molecule has 0 aromatic heterocycles. The van der Waals surface area contributed by atoms with Crippen molar-refractivity contribution in [2.75, 3.05) is 0 Å². The van der Waals surface area contributed by atoms with Crippen molar-refractivity contribution in [1.82, 2.24) is 0 Å². The van der Waals surface area contributed by atoms with Crippen molar-refractivity contribution in [1.29, 1.82) is 0 Å².